The van der Waals surface area contributed by atoms with Crippen molar-refractivity contribution in [2.45, 2.75) is 0 Å². The molecular weight excluding hydrogens is 280 g/mol. The number of fused-ring (bicyclic) bond motifs is 1. The van der Waals surface area contributed by atoms with Gasteiger partial charge in [0.15, 0.2) is 17.0 Å². The summed E-state index contributed by atoms with van der Waals surface area (Å²) in [5.41, 5.74) is 1.72. The van der Waals surface area contributed by atoms with Crippen LogP contribution in [-0.4, -0.2) is 44.2 Å². The molecular formula is C15H16N6O. The molecule has 0 aromatic carbocycles. The Kier molecular flexibility index (Phi) is 3.10. The molecule has 0 bridgehead atoms. The molecule has 4 rings (SSSR count). The molecule has 0 aliphatic carbocycles. The average Bonchev–Trinajstić information content (AvgIpc) is 2.89. The quantitative estimate of drug-likeness (QED) is 0.722. The minimum atomic E-state index is 0.494. The van der Waals surface area contributed by atoms with Gasteiger partial charge < -0.3 is 14.2 Å². The van der Waals surface area contributed by atoms with Crippen molar-refractivity contribution in [2.75, 3.05) is 24.6 Å². The molecule has 0 atom stereocenters. The van der Waals surface area contributed by atoms with Crippen LogP contribution < -0.4 is 9.64 Å². The molecule has 1 fully saturated rings. The van der Waals surface area contributed by atoms with Gasteiger partial charge in [0, 0.05) is 32.3 Å². The largest absolute Gasteiger partial charge is 0.492 e. The number of rotatable bonds is 4. The lowest BCUT2D eigenvalue weighted by Gasteiger charge is -2.39. The van der Waals surface area contributed by atoms with Crippen LogP contribution >= 0.6 is 0 Å². The van der Waals surface area contributed by atoms with Gasteiger partial charge in [-0.05, 0) is 12.1 Å². The van der Waals surface area contributed by atoms with Crippen molar-refractivity contribution < 1.29 is 4.74 Å². The number of hydrogen-bond donors (Lipinski definition) is 0. The molecule has 112 valence electrons. The van der Waals surface area contributed by atoms with Crippen LogP contribution in [0.1, 0.15) is 0 Å². The average molecular weight is 296 g/mol. The van der Waals surface area contributed by atoms with Crippen molar-refractivity contribution in [3.8, 4) is 5.75 Å². The summed E-state index contributed by atoms with van der Waals surface area (Å²) in [5, 5.41) is 0. The molecule has 22 heavy (non-hydrogen) atoms. The van der Waals surface area contributed by atoms with Gasteiger partial charge in [-0.2, -0.15) is 0 Å². The van der Waals surface area contributed by atoms with Gasteiger partial charge in [-0.15, -0.1) is 0 Å². The first-order valence-electron chi connectivity index (χ1n) is 7.21. The van der Waals surface area contributed by atoms with E-state index in [4.69, 9.17) is 4.74 Å². The molecule has 3 aromatic rings. The first-order chi connectivity index (χ1) is 10.8. The summed E-state index contributed by atoms with van der Waals surface area (Å²) >= 11 is 0. The van der Waals surface area contributed by atoms with Crippen LogP contribution in [0.5, 0.6) is 5.75 Å². The predicted octanol–water partition coefficient (Wildman–Crippen LogP) is 1.27. The number of hydrogen-bond acceptors (Lipinski definition) is 6. The molecule has 7 nitrogen and oxygen atoms in total. The van der Waals surface area contributed by atoms with Crippen molar-refractivity contribution in [3.05, 3.63) is 37.2 Å². The molecule has 0 amide bonds. The summed E-state index contributed by atoms with van der Waals surface area (Å²) in [6.45, 7) is 2.53. The highest BCUT2D eigenvalue weighted by Gasteiger charge is 2.30. The fraction of sp³-hybridized carbons (Fsp3) is 0.333. The third kappa shape index (κ3) is 2.24. The Morgan fingerprint density at radius 3 is 3.00 bits per heavy atom. The van der Waals surface area contributed by atoms with Gasteiger partial charge in [0.05, 0.1) is 19.1 Å². The van der Waals surface area contributed by atoms with Crippen molar-refractivity contribution in [1.29, 1.82) is 0 Å². The molecule has 0 spiro atoms. The van der Waals surface area contributed by atoms with E-state index in [9.17, 15) is 0 Å². The maximum atomic E-state index is 5.74. The number of ether oxygens (including phenoxy) is 1. The van der Waals surface area contributed by atoms with E-state index in [0.717, 1.165) is 35.8 Å². The van der Waals surface area contributed by atoms with Crippen LogP contribution in [0, 0.1) is 5.92 Å². The van der Waals surface area contributed by atoms with E-state index < -0.39 is 0 Å². The van der Waals surface area contributed by atoms with Gasteiger partial charge in [-0.25, -0.2) is 15.0 Å². The molecule has 3 aromatic heterocycles. The molecule has 4 heterocycles. The van der Waals surface area contributed by atoms with Gasteiger partial charge in [-0.3, -0.25) is 4.98 Å². The number of nitrogens with zero attached hydrogens (tertiary/aromatic N) is 6. The molecule has 0 saturated carbocycles. The summed E-state index contributed by atoms with van der Waals surface area (Å²) in [4.78, 5) is 19.3. The van der Waals surface area contributed by atoms with Crippen LogP contribution in [0.25, 0.3) is 11.2 Å². The molecule has 0 radical (unpaired) electrons. The Morgan fingerprint density at radius 1 is 1.27 bits per heavy atom. The Balaban J connectivity index is 1.40. The Bertz CT molecular complexity index is 781. The van der Waals surface area contributed by atoms with Gasteiger partial charge in [-0.1, -0.05) is 0 Å². The van der Waals surface area contributed by atoms with E-state index in [2.05, 4.69) is 24.8 Å². The number of aryl methyl sites for hydroxylation is 1. The van der Waals surface area contributed by atoms with Crippen molar-refractivity contribution in [2.24, 2.45) is 13.0 Å². The molecule has 7 heteroatoms. The number of aromatic nitrogens is 5. The smallest absolute Gasteiger partial charge is 0.165 e. The maximum Gasteiger partial charge on any atom is 0.165 e. The second-order valence-corrected chi connectivity index (χ2v) is 5.50. The van der Waals surface area contributed by atoms with Crippen molar-refractivity contribution >= 4 is 17.0 Å². The summed E-state index contributed by atoms with van der Waals surface area (Å²) in [6.07, 6.45) is 6.84. The third-order valence-corrected chi connectivity index (χ3v) is 3.85. The fourth-order valence-corrected chi connectivity index (χ4v) is 2.66. The van der Waals surface area contributed by atoms with E-state index in [-0.39, 0.29) is 0 Å². The third-order valence-electron chi connectivity index (χ3n) is 3.85. The monoisotopic (exact) mass is 296 g/mol. The predicted molar refractivity (Wildman–Crippen MR) is 81.7 cm³/mol. The van der Waals surface area contributed by atoms with Crippen molar-refractivity contribution in [3.63, 3.8) is 0 Å². The SMILES string of the molecule is Cn1cnc2c(N3CC(COc4cccnc4)C3)ncnc21. The molecule has 0 N–H and O–H groups in total. The van der Waals surface area contributed by atoms with Gasteiger partial charge in [0.25, 0.3) is 0 Å². The minimum Gasteiger partial charge on any atom is -0.492 e. The Hall–Kier alpha value is -2.70. The minimum absolute atomic E-state index is 0.494. The molecule has 1 aliphatic rings. The van der Waals surface area contributed by atoms with Crippen LogP contribution in [0.15, 0.2) is 37.2 Å². The number of imidazole rings is 1. The van der Waals surface area contributed by atoms with Gasteiger partial charge >= 0.3 is 0 Å². The Labute approximate surface area is 127 Å². The zero-order valence-electron chi connectivity index (χ0n) is 12.3. The zero-order valence-corrected chi connectivity index (χ0v) is 12.3. The number of anilines is 1. The molecule has 1 aliphatic heterocycles. The highest BCUT2D eigenvalue weighted by Crippen LogP contribution is 2.28. The first-order valence-corrected chi connectivity index (χ1v) is 7.21. The normalized spacial score (nSPS) is 15.0. The van der Waals surface area contributed by atoms with Crippen molar-refractivity contribution in [1.82, 2.24) is 24.5 Å². The number of pyridine rings is 1. The summed E-state index contributed by atoms with van der Waals surface area (Å²) in [6, 6.07) is 3.80. The second kappa shape index (κ2) is 5.25. The van der Waals surface area contributed by atoms with E-state index in [1.165, 1.54) is 0 Å². The second-order valence-electron chi connectivity index (χ2n) is 5.50. The van der Waals surface area contributed by atoms with Gasteiger partial charge in [0.1, 0.15) is 12.1 Å². The summed E-state index contributed by atoms with van der Waals surface area (Å²) in [5.74, 6) is 2.22. The lowest BCUT2D eigenvalue weighted by atomic mass is 10.0. The standard InChI is InChI=1S/C15H16N6O/c1-20-10-19-13-14(20)17-9-18-15(13)21-6-11(7-21)8-22-12-3-2-4-16-5-12/h2-5,9-11H,6-8H2,1H3. The highest BCUT2D eigenvalue weighted by molar-refractivity contribution is 5.83. The van der Waals surface area contributed by atoms with E-state index in [0.29, 0.717) is 12.5 Å². The highest BCUT2D eigenvalue weighted by atomic mass is 16.5. The van der Waals surface area contributed by atoms with Gasteiger partial charge in [0.2, 0.25) is 0 Å². The van der Waals surface area contributed by atoms with Crippen LogP contribution in [0.3, 0.4) is 0 Å². The van der Waals surface area contributed by atoms with E-state index in [1.807, 2.05) is 23.7 Å². The zero-order chi connectivity index (χ0) is 14.9. The maximum absolute atomic E-state index is 5.74. The Morgan fingerprint density at radius 2 is 2.18 bits per heavy atom. The van der Waals surface area contributed by atoms with Crippen LogP contribution in [-0.2, 0) is 7.05 Å². The lowest BCUT2D eigenvalue weighted by Crippen LogP contribution is -2.49. The van der Waals surface area contributed by atoms with Crippen LogP contribution in [0.4, 0.5) is 5.82 Å². The first kappa shape index (κ1) is 13.0. The molecule has 1 saturated heterocycles. The van der Waals surface area contributed by atoms with E-state index in [1.54, 1.807) is 25.0 Å². The fourth-order valence-electron chi connectivity index (χ4n) is 2.66. The molecule has 0 unspecified atom stereocenters. The van der Waals surface area contributed by atoms with Crippen LogP contribution in [0.2, 0.25) is 0 Å². The summed E-state index contributed by atoms with van der Waals surface area (Å²) in [7, 11) is 1.94. The summed E-state index contributed by atoms with van der Waals surface area (Å²) < 4.78 is 7.65. The topological polar surface area (TPSA) is 69.0 Å². The lowest BCUT2D eigenvalue weighted by molar-refractivity contribution is 0.219. The van der Waals surface area contributed by atoms with E-state index >= 15 is 0 Å².